The molecule has 1 aliphatic rings. The average molecular weight is 162 g/mol. The molecule has 1 aromatic rings. The van der Waals surface area contributed by atoms with Gasteiger partial charge in [-0.3, -0.25) is 0 Å². The van der Waals surface area contributed by atoms with E-state index in [9.17, 15) is 5.11 Å². The van der Waals surface area contributed by atoms with Crippen LogP contribution in [0, 0.1) is 0 Å². The molecule has 2 rings (SSSR count). The van der Waals surface area contributed by atoms with Crippen molar-refractivity contribution in [1.29, 1.82) is 0 Å². The third-order valence-corrected chi connectivity index (χ3v) is 2.37. The van der Waals surface area contributed by atoms with E-state index in [0.29, 0.717) is 0 Å². The molecule has 0 fully saturated rings. The number of rotatable bonds is 1. The zero-order valence-corrected chi connectivity index (χ0v) is 6.92. The lowest BCUT2D eigenvalue weighted by Gasteiger charge is -2.23. The molecular formula is C10H12NO. The van der Waals surface area contributed by atoms with Gasteiger partial charge >= 0.3 is 0 Å². The Morgan fingerprint density at radius 1 is 1.33 bits per heavy atom. The fourth-order valence-electron chi connectivity index (χ4n) is 1.64. The molecule has 0 saturated carbocycles. The Bertz CT molecular complexity index is 272. The molecular weight excluding hydrogens is 150 g/mol. The Hall–Kier alpha value is -0.860. The Labute approximate surface area is 72.2 Å². The van der Waals surface area contributed by atoms with E-state index in [4.69, 9.17) is 0 Å². The van der Waals surface area contributed by atoms with Crippen molar-refractivity contribution in [1.82, 2.24) is 5.32 Å². The highest BCUT2D eigenvalue weighted by molar-refractivity contribution is 5.29. The van der Waals surface area contributed by atoms with Crippen molar-refractivity contribution in [3.05, 3.63) is 35.4 Å². The molecule has 12 heavy (non-hydrogen) atoms. The van der Waals surface area contributed by atoms with Crippen molar-refractivity contribution in [2.75, 3.05) is 6.61 Å². The fraction of sp³-hybridized carbons (Fsp3) is 0.400. The molecule has 0 spiro atoms. The molecule has 1 heterocycles. The van der Waals surface area contributed by atoms with Crippen LogP contribution in [0.15, 0.2) is 24.3 Å². The third kappa shape index (κ3) is 1.36. The van der Waals surface area contributed by atoms with E-state index in [1.165, 1.54) is 11.1 Å². The third-order valence-electron chi connectivity index (χ3n) is 2.37. The highest BCUT2D eigenvalue weighted by atomic mass is 16.3. The summed E-state index contributed by atoms with van der Waals surface area (Å²) in [5.41, 5.74) is 2.67. The summed E-state index contributed by atoms with van der Waals surface area (Å²) < 4.78 is 0. The first-order chi connectivity index (χ1) is 5.90. The van der Waals surface area contributed by atoms with Gasteiger partial charge in [0.2, 0.25) is 0 Å². The van der Waals surface area contributed by atoms with E-state index in [0.717, 1.165) is 13.0 Å². The summed E-state index contributed by atoms with van der Waals surface area (Å²) in [6, 6.07) is 8.44. The van der Waals surface area contributed by atoms with Gasteiger partial charge in [-0.1, -0.05) is 24.3 Å². The summed E-state index contributed by atoms with van der Waals surface area (Å²) in [5, 5.41) is 13.8. The molecule has 0 aliphatic carbocycles. The van der Waals surface area contributed by atoms with Gasteiger partial charge in [0.05, 0.1) is 6.61 Å². The lowest BCUT2D eigenvalue weighted by molar-refractivity contribution is 0.154. The zero-order chi connectivity index (χ0) is 8.39. The Morgan fingerprint density at radius 3 is 2.83 bits per heavy atom. The van der Waals surface area contributed by atoms with Gasteiger partial charge in [-0.15, -0.1) is 0 Å². The molecule has 0 aromatic heterocycles. The first kappa shape index (κ1) is 7.77. The molecule has 2 heteroatoms. The van der Waals surface area contributed by atoms with E-state index in [2.05, 4.69) is 17.4 Å². The predicted molar refractivity (Wildman–Crippen MR) is 46.3 cm³/mol. The molecule has 63 valence electrons. The van der Waals surface area contributed by atoms with Crippen LogP contribution in [0.3, 0.4) is 0 Å². The first-order valence-electron chi connectivity index (χ1n) is 4.28. The van der Waals surface area contributed by atoms with Crippen molar-refractivity contribution in [3.63, 3.8) is 0 Å². The number of fused-ring (bicyclic) bond motifs is 1. The second kappa shape index (κ2) is 3.25. The zero-order valence-electron chi connectivity index (χ0n) is 6.92. The largest absolute Gasteiger partial charge is 0.307 e. The average Bonchev–Trinajstić information content (AvgIpc) is 2.17. The highest BCUT2D eigenvalue weighted by Crippen LogP contribution is 2.15. The van der Waals surface area contributed by atoms with E-state index >= 15 is 0 Å². The molecule has 2 nitrogen and oxygen atoms in total. The molecule has 0 amide bonds. The lowest BCUT2D eigenvalue weighted by atomic mass is 9.96. The van der Waals surface area contributed by atoms with Crippen molar-refractivity contribution < 1.29 is 5.11 Å². The number of hydrogen-bond acceptors (Lipinski definition) is 1. The van der Waals surface area contributed by atoms with Crippen LogP contribution in [0.2, 0.25) is 0 Å². The molecule has 1 atom stereocenters. The minimum absolute atomic E-state index is 0.0195. The van der Waals surface area contributed by atoms with Gasteiger partial charge in [0, 0.05) is 12.6 Å². The second-order valence-electron chi connectivity index (χ2n) is 3.22. The maximum atomic E-state index is 10.6. The van der Waals surface area contributed by atoms with Crippen LogP contribution in [-0.2, 0) is 18.1 Å². The Balaban J connectivity index is 2.23. The Morgan fingerprint density at radius 2 is 2.08 bits per heavy atom. The van der Waals surface area contributed by atoms with Crippen LogP contribution >= 0.6 is 0 Å². The number of hydrogen-bond donors (Lipinski definition) is 1. The smallest absolute Gasteiger partial charge is 0.0978 e. The molecule has 1 N–H and O–H groups in total. The van der Waals surface area contributed by atoms with Crippen molar-refractivity contribution >= 4 is 0 Å². The van der Waals surface area contributed by atoms with Crippen molar-refractivity contribution in [2.24, 2.45) is 0 Å². The summed E-state index contributed by atoms with van der Waals surface area (Å²) >= 11 is 0. The van der Waals surface area contributed by atoms with Gasteiger partial charge in [0.25, 0.3) is 0 Å². The predicted octanol–water partition coefficient (Wildman–Crippen LogP) is 1.13. The van der Waals surface area contributed by atoms with Gasteiger partial charge in [-0.25, -0.2) is 5.11 Å². The van der Waals surface area contributed by atoms with E-state index in [-0.39, 0.29) is 12.6 Å². The van der Waals surface area contributed by atoms with Crippen LogP contribution in [0.5, 0.6) is 0 Å². The molecule has 1 radical (unpaired) electrons. The molecule has 1 aliphatic heterocycles. The minimum atomic E-state index is -0.0195. The van der Waals surface area contributed by atoms with Crippen LogP contribution in [0.1, 0.15) is 11.1 Å². The lowest BCUT2D eigenvalue weighted by Crippen LogP contribution is -2.37. The summed E-state index contributed by atoms with van der Waals surface area (Å²) in [5.74, 6) is 0. The standard InChI is InChI=1S/C10H12NO/c12-7-10-5-8-3-1-2-4-9(8)6-11-10/h1-4,10-11H,5-7H2. The maximum Gasteiger partial charge on any atom is 0.0978 e. The van der Waals surface area contributed by atoms with Gasteiger partial charge in [-0.05, 0) is 17.5 Å². The minimum Gasteiger partial charge on any atom is -0.307 e. The molecule has 1 aromatic carbocycles. The van der Waals surface area contributed by atoms with Crippen LogP contribution < -0.4 is 5.32 Å². The van der Waals surface area contributed by atoms with Gasteiger partial charge < -0.3 is 5.32 Å². The molecule has 1 unspecified atom stereocenters. The summed E-state index contributed by atoms with van der Waals surface area (Å²) in [7, 11) is 0. The SMILES string of the molecule is [O]CC1Cc2ccccc2CN1. The van der Waals surface area contributed by atoms with Gasteiger partial charge in [-0.2, -0.15) is 0 Å². The van der Waals surface area contributed by atoms with Crippen LogP contribution in [-0.4, -0.2) is 12.6 Å². The Kier molecular flexibility index (Phi) is 2.11. The van der Waals surface area contributed by atoms with Crippen molar-refractivity contribution in [2.45, 2.75) is 19.0 Å². The first-order valence-corrected chi connectivity index (χ1v) is 4.28. The van der Waals surface area contributed by atoms with Crippen molar-refractivity contribution in [3.8, 4) is 0 Å². The summed E-state index contributed by atoms with van der Waals surface area (Å²) in [4.78, 5) is 0. The summed E-state index contributed by atoms with van der Waals surface area (Å²) in [6.45, 7) is 0.831. The van der Waals surface area contributed by atoms with Gasteiger partial charge in [0.1, 0.15) is 0 Å². The quantitative estimate of drug-likeness (QED) is 0.659. The highest BCUT2D eigenvalue weighted by Gasteiger charge is 2.16. The normalized spacial score (nSPS) is 21.9. The maximum absolute atomic E-state index is 10.6. The number of nitrogens with one attached hydrogen (secondary N) is 1. The van der Waals surface area contributed by atoms with E-state index < -0.39 is 0 Å². The summed E-state index contributed by atoms with van der Waals surface area (Å²) in [6.07, 6.45) is 0.889. The topological polar surface area (TPSA) is 31.9 Å². The second-order valence-corrected chi connectivity index (χ2v) is 3.22. The van der Waals surface area contributed by atoms with E-state index in [1.807, 2.05) is 12.1 Å². The van der Waals surface area contributed by atoms with Gasteiger partial charge in [0.15, 0.2) is 0 Å². The molecule has 0 bridgehead atoms. The fourth-order valence-corrected chi connectivity index (χ4v) is 1.64. The van der Waals surface area contributed by atoms with Crippen LogP contribution in [0.4, 0.5) is 0 Å². The van der Waals surface area contributed by atoms with E-state index in [1.54, 1.807) is 0 Å². The molecule has 0 saturated heterocycles. The van der Waals surface area contributed by atoms with Crippen LogP contribution in [0.25, 0.3) is 0 Å². The monoisotopic (exact) mass is 162 g/mol. The number of benzene rings is 1.